The van der Waals surface area contributed by atoms with Crippen molar-refractivity contribution in [3.05, 3.63) is 18.5 Å². The highest BCUT2D eigenvalue weighted by atomic mass is 35.5. The molecular formula is C15H21ClN6O. The molecule has 0 aromatic carbocycles. The van der Waals surface area contributed by atoms with Gasteiger partial charge in [0.25, 0.3) is 0 Å². The Hall–Kier alpha value is -1.70. The van der Waals surface area contributed by atoms with Gasteiger partial charge in [-0.1, -0.05) is 0 Å². The molecule has 3 heterocycles. The number of fused-ring (bicyclic) bond motifs is 3. The summed E-state index contributed by atoms with van der Waals surface area (Å²) in [7, 11) is 1.74. The van der Waals surface area contributed by atoms with Crippen LogP contribution in [0.3, 0.4) is 0 Å². The predicted molar refractivity (Wildman–Crippen MR) is 91.0 cm³/mol. The smallest absolute Gasteiger partial charge is 0.161 e. The van der Waals surface area contributed by atoms with Crippen molar-refractivity contribution in [3.8, 4) is 0 Å². The van der Waals surface area contributed by atoms with E-state index in [0.29, 0.717) is 12.1 Å². The molecule has 0 bridgehead atoms. The summed E-state index contributed by atoms with van der Waals surface area (Å²) in [5.74, 6) is 0. The van der Waals surface area contributed by atoms with Gasteiger partial charge >= 0.3 is 0 Å². The van der Waals surface area contributed by atoms with E-state index in [-0.39, 0.29) is 12.4 Å². The van der Waals surface area contributed by atoms with Crippen molar-refractivity contribution in [1.82, 2.24) is 30.3 Å². The van der Waals surface area contributed by atoms with Crippen LogP contribution in [0.4, 0.5) is 0 Å². The Morgan fingerprint density at radius 1 is 1.39 bits per heavy atom. The number of aromatic nitrogens is 5. The molecule has 23 heavy (non-hydrogen) atoms. The summed E-state index contributed by atoms with van der Waals surface area (Å²) in [5, 5.41) is 12.2. The Balaban J connectivity index is 0.00000156. The molecule has 0 saturated heterocycles. The molecule has 2 atom stereocenters. The maximum Gasteiger partial charge on any atom is 0.161 e. The largest absolute Gasteiger partial charge is 0.383 e. The van der Waals surface area contributed by atoms with E-state index < -0.39 is 0 Å². The Bertz CT molecular complexity index is 785. The molecule has 0 spiro atoms. The molecular weight excluding hydrogens is 316 g/mol. The summed E-state index contributed by atoms with van der Waals surface area (Å²) < 4.78 is 7.29. The van der Waals surface area contributed by atoms with Crippen molar-refractivity contribution in [2.75, 3.05) is 20.3 Å². The third-order valence-corrected chi connectivity index (χ3v) is 4.51. The van der Waals surface area contributed by atoms with E-state index in [2.05, 4.69) is 30.3 Å². The fourth-order valence-electron chi connectivity index (χ4n) is 3.44. The van der Waals surface area contributed by atoms with Crippen LogP contribution in [-0.4, -0.2) is 51.3 Å². The van der Waals surface area contributed by atoms with Gasteiger partial charge < -0.3 is 10.1 Å². The minimum atomic E-state index is 0. The van der Waals surface area contributed by atoms with E-state index in [0.717, 1.165) is 48.1 Å². The van der Waals surface area contributed by atoms with Gasteiger partial charge in [0.1, 0.15) is 5.52 Å². The molecule has 2 N–H and O–H groups in total. The lowest BCUT2D eigenvalue weighted by Crippen LogP contribution is -2.29. The van der Waals surface area contributed by atoms with Gasteiger partial charge in [0, 0.05) is 31.3 Å². The molecule has 124 valence electrons. The van der Waals surface area contributed by atoms with Gasteiger partial charge in [0.05, 0.1) is 24.4 Å². The zero-order valence-corrected chi connectivity index (χ0v) is 13.8. The van der Waals surface area contributed by atoms with Gasteiger partial charge in [-0.25, -0.2) is 15.2 Å². The third kappa shape index (κ3) is 2.91. The van der Waals surface area contributed by atoms with Crippen molar-refractivity contribution in [2.24, 2.45) is 0 Å². The lowest BCUT2D eigenvalue weighted by molar-refractivity contribution is 0.195. The highest BCUT2D eigenvalue weighted by Gasteiger charge is 2.27. The Morgan fingerprint density at radius 2 is 2.30 bits per heavy atom. The van der Waals surface area contributed by atoms with Crippen LogP contribution in [0.5, 0.6) is 0 Å². The second-order valence-electron chi connectivity index (χ2n) is 5.87. The SMILES string of the molecule is COCCN[C@H]1CC[C@H](n2[nH]nc3cnc4nccc4c32)C1.Cl. The van der Waals surface area contributed by atoms with Crippen molar-refractivity contribution >= 4 is 34.5 Å². The van der Waals surface area contributed by atoms with E-state index in [4.69, 9.17) is 4.74 Å². The van der Waals surface area contributed by atoms with Crippen LogP contribution >= 0.6 is 12.4 Å². The summed E-state index contributed by atoms with van der Waals surface area (Å²) >= 11 is 0. The molecule has 4 rings (SSSR count). The number of halogens is 1. The Labute approximate surface area is 140 Å². The number of hydrogen-bond acceptors (Lipinski definition) is 5. The molecule has 0 amide bonds. The number of aromatic amines is 1. The van der Waals surface area contributed by atoms with Crippen LogP contribution < -0.4 is 5.32 Å². The summed E-state index contributed by atoms with van der Waals surface area (Å²) in [5.41, 5.74) is 2.80. The van der Waals surface area contributed by atoms with Crippen LogP contribution in [-0.2, 0) is 4.74 Å². The van der Waals surface area contributed by atoms with Crippen LogP contribution in [0, 0.1) is 0 Å². The number of nitrogens with zero attached hydrogens (tertiary/aromatic N) is 4. The van der Waals surface area contributed by atoms with E-state index in [1.807, 2.05) is 6.07 Å². The molecule has 3 aromatic heterocycles. The first-order chi connectivity index (χ1) is 10.9. The summed E-state index contributed by atoms with van der Waals surface area (Å²) in [6.45, 7) is 1.66. The highest BCUT2D eigenvalue weighted by Crippen LogP contribution is 2.33. The molecule has 1 aliphatic carbocycles. The quantitative estimate of drug-likeness (QED) is 0.697. The number of rotatable bonds is 5. The van der Waals surface area contributed by atoms with Gasteiger partial charge in [-0.15, -0.1) is 12.4 Å². The van der Waals surface area contributed by atoms with Crippen molar-refractivity contribution < 1.29 is 4.74 Å². The summed E-state index contributed by atoms with van der Waals surface area (Å²) in [6, 6.07) is 2.99. The maximum absolute atomic E-state index is 5.10. The normalized spacial score (nSPS) is 21.1. The minimum absolute atomic E-state index is 0. The van der Waals surface area contributed by atoms with Crippen LogP contribution in [0.2, 0.25) is 0 Å². The van der Waals surface area contributed by atoms with Crippen molar-refractivity contribution in [3.63, 3.8) is 0 Å². The molecule has 1 aliphatic rings. The number of nitrogens with one attached hydrogen (secondary N) is 2. The topological polar surface area (TPSA) is 80.6 Å². The van der Waals surface area contributed by atoms with E-state index in [1.165, 1.54) is 6.42 Å². The number of H-pyrrole nitrogens is 1. The van der Waals surface area contributed by atoms with E-state index in [9.17, 15) is 0 Å². The van der Waals surface area contributed by atoms with Gasteiger partial charge in [-0.3, -0.25) is 4.68 Å². The number of methoxy groups -OCH3 is 1. The molecule has 1 saturated carbocycles. The highest BCUT2D eigenvalue weighted by molar-refractivity contribution is 6.00. The minimum Gasteiger partial charge on any atom is -0.383 e. The average Bonchev–Trinajstić information content (AvgIpc) is 3.25. The lowest BCUT2D eigenvalue weighted by atomic mass is 10.2. The van der Waals surface area contributed by atoms with Crippen LogP contribution in [0.1, 0.15) is 25.3 Å². The molecule has 0 aliphatic heterocycles. The second kappa shape index (κ2) is 6.82. The standard InChI is InChI=1S/C15H20N6O.ClH/c1-22-7-6-16-10-2-3-11(8-10)21-14-12-4-5-17-15(12)18-9-13(14)19-20-21;/h4-5,9-11,16,20H,2-3,6-8H2,1H3;1H/t10-,11-;/m0./s1. The van der Waals surface area contributed by atoms with Gasteiger partial charge in [-0.05, 0) is 25.3 Å². The fourth-order valence-corrected chi connectivity index (χ4v) is 3.44. The van der Waals surface area contributed by atoms with Crippen LogP contribution in [0.25, 0.3) is 22.1 Å². The maximum atomic E-state index is 5.10. The van der Waals surface area contributed by atoms with Gasteiger partial charge in [0.15, 0.2) is 5.65 Å². The molecule has 0 radical (unpaired) electrons. The van der Waals surface area contributed by atoms with E-state index in [1.54, 1.807) is 19.5 Å². The van der Waals surface area contributed by atoms with Crippen LogP contribution in [0.15, 0.2) is 18.5 Å². The molecule has 3 aromatic rings. The first kappa shape index (κ1) is 16.2. The monoisotopic (exact) mass is 336 g/mol. The van der Waals surface area contributed by atoms with Gasteiger partial charge in [0.2, 0.25) is 0 Å². The van der Waals surface area contributed by atoms with Crippen molar-refractivity contribution in [1.29, 1.82) is 0 Å². The first-order valence-corrected chi connectivity index (χ1v) is 7.75. The molecule has 1 fully saturated rings. The second-order valence-corrected chi connectivity index (χ2v) is 5.87. The number of ether oxygens (including phenoxy) is 1. The molecule has 7 nitrogen and oxygen atoms in total. The summed E-state index contributed by atoms with van der Waals surface area (Å²) in [4.78, 5) is 8.63. The fraction of sp³-hybridized carbons (Fsp3) is 0.533. The molecule has 8 heteroatoms. The van der Waals surface area contributed by atoms with Crippen molar-refractivity contribution in [2.45, 2.75) is 31.3 Å². The summed E-state index contributed by atoms with van der Waals surface area (Å²) in [6.07, 6.45) is 7.02. The number of pyridine rings is 1. The van der Waals surface area contributed by atoms with Gasteiger partial charge in [-0.2, -0.15) is 5.10 Å². The first-order valence-electron chi connectivity index (χ1n) is 7.75. The van der Waals surface area contributed by atoms with E-state index >= 15 is 0 Å². The molecule has 0 unspecified atom stereocenters. The zero-order valence-electron chi connectivity index (χ0n) is 13.0. The average molecular weight is 337 g/mol. The zero-order chi connectivity index (χ0) is 14.9. The number of hydrogen-bond donors (Lipinski definition) is 2. The predicted octanol–water partition coefficient (Wildman–Crippen LogP) is 2.06. The Morgan fingerprint density at radius 3 is 3.17 bits per heavy atom. The lowest BCUT2D eigenvalue weighted by Gasteiger charge is -2.14. The Kier molecular flexibility index (Phi) is 4.79. The third-order valence-electron chi connectivity index (χ3n) is 4.51.